The zero-order valence-electron chi connectivity index (χ0n) is 15.2. The Kier molecular flexibility index (Phi) is 6.34. The molecule has 1 N–H and O–H groups in total. The number of hydrogen-bond donors (Lipinski definition) is 1. The number of nitrogens with one attached hydrogen (secondary N) is 1. The number of anilines is 1. The van der Waals surface area contributed by atoms with Gasteiger partial charge in [-0.2, -0.15) is 0 Å². The molecule has 136 valence electrons. The number of urea groups is 1. The Hall–Kier alpha value is -2.01. The van der Waals surface area contributed by atoms with Crippen molar-refractivity contribution >= 4 is 11.7 Å². The van der Waals surface area contributed by atoms with E-state index in [4.69, 9.17) is 4.74 Å². The molecule has 0 aromatic heterocycles. The lowest BCUT2D eigenvalue weighted by Gasteiger charge is -2.35. The Bertz CT molecular complexity index is 607. The standard InChI is InChI=1S/C20H29N3O2/c1-25-19-9-5-8-18(16-19)21-20(24)23-14-12-22(13-15-23)11-10-17-6-3-2-4-7-17/h5-6,8-9,16H,2-4,7,10-15H2,1H3,(H,21,24). The highest BCUT2D eigenvalue weighted by Gasteiger charge is 2.21. The molecule has 0 bridgehead atoms. The van der Waals surface area contributed by atoms with Gasteiger partial charge in [-0.3, -0.25) is 4.90 Å². The lowest BCUT2D eigenvalue weighted by atomic mass is 9.97. The number of amides is 2. The van der Waals surface area contributed by atoms with Gasteiger partial charge in [0.1, 0.15) is 5.75 Å². The predicted octanol–water partition coefficient (Wildman–Crippen LogP) is 3.74. The van der Waals surface area contributed by atoms with E-state index in [2.05, 4.69) is 16.3 Å². The number of benzene rings is 1. The molecule has 2 amide bonds. The van der Waals surface area contributed by atoms with Crippen LogP contribution in [-0.4, -0.2) is 55.7 Å². The van der Waals surface area contributed by atoms with Crippen molar-refractivity contribution in [1.82, 2.24) is 9.80 Å². The molecule has 1 aliphatic carbocycles. The Balaban J connectivity index is 1.42. The summed E-state index contributed by atoms with van der Waals surface area (Å²) in [5, 5.41) is 2.96. The molecular weight excluding hydrogens is 314 g/mol. The van der Waals surface area contributed by atoms with Crippen LogP contribution in [0.5, 0.6) is 5.75 Å². The van der Waals surface area contributed by atoms with Gasteiger partial charge in [0.05, 0.1) is 7.11 Å². The number of piperazine rings is 1. The van der Waals surface area contributed by atoms with Gasteiger partial charge in [0, 0.05) is 44.5 Å². The maximum absolute atomic E-state index is 12.4. The molecule has 1 aliphatic heterocycles. The molecule has 1 saturated heterocycles. The Morgan fingerprint density at radius 1 is 1.20 bits per heavy atom. The van der Waals surface area contributed by atoms with Crippen LogP contribution in [0.2, 0.25) is 0 Å². The van der Waals surface area contributed by atoms with Crippen molar-refractivity contribution in [2.45, 2.75) is 32.1 Å². The molecule has 0 atom stereocenters. The summed E-state index contributed by atoms with van der Waals surface area (Å²) in [5.74, 6) is 0.750. The monoisotopic (exact) mass is 343 g/mol. The summed E-state index contributed by atoms with van der Waals surface area (Å²) in [6.45, 7) is 4.61. The second-order valence-electron chi connectivity index (χ2n) is 6.85. The van der Waals surface area contributed by atoms with Crippen molar-refractivity contribution < 1.29 is 9.53 Å². The van der Waals surface area contributed by atoms with E-state index in [0.717, 1.165) is 44.2 Å². The van der Waals surface area contributed by atoms with Crippen LogP contribution in [0.15, 0.2) is 35.9 Å². The van der Waals surface area contributed by atoms with Gasteiger partial charge >= 0.3 is 6.03 Å². The highest BCUT2D eigenvalue weighted by molar-refractivity contribution is 5.89. The van der Waals surface area contributed by atoms with Crippen LogP contribution in [0.1, 0.15) is 32.1 Å². The Morgan fingerprint density at radius 3 is 2.76 bits per heavy atom. The first-order chi connectivity index (χ1) is 12.2. The molecule has 1 fully saturated rings. The van der Waals surface area contributed by atoms with Gasteiger partial charge in [0.15, 0.2) is 0 Å². The molecule has 1 aromatic rings. The van der Waals surface area contributed by atoms with Gasteiger partial charge in [-0.25, -0.2) is 4.79 Å². The smallest absolute Gasteiger partial charge is 0.321 e. The minimum Gasteiger partial charge on any atom is -0.497 e. The van der Waals surface area contributed by atoms with E-state index in [-0.39, 0.29) is 6.03 Å². The van der Waals surface area contributed by atoms with E-state index >= 15 is 0 Å². The number of hydrogen-bond acceptors (Lipinski definition) is 3. The lowest BCUT2D eigenvalue weighted by Crippen LogP contribution is -2.50. The maximum atomic E-state index is 12.4. The fourth-order valence-electron chi connectivity index (χ4n) is 3.51. The van der Waals surface area contributed by atoms with E-state index in [9.17, 15) is 4.79 Å². The molecule has 0 spiro atoms. The highest BCUT2D eigenvalue weighted by atomic mass is 16.5. The van der Waals surface area contributed by atoms with Gasteiger partial charge in [0.25, 0.3) is 0 Å². The molecular formula is C20H29N3O2. The van der Waals surface area contributed by atoms with Crippen molar-refractivity contribution in [1.29, 1.82) is 0 Å². The first kappa shape index (κ1) is 17.8. The van der Waals surface area contributed by atoms with Crippen molar-refractivity contribution in [2.24, 2.45) is 0 Å². The SMILES string of the molecule is COc1cccc(NC(=O)N2CCN(CCC3=CCCCC3)CC2)c1. The van der Waals surface area contributed by atoms with Crippen LogP contribution in [0.3, 0.4) is 0 Å². The number of rotatable bonds is 5. The van der Waals surface area contributed by atoms with Crippen molar-refractivity contribution in [2.75, 3.05) is 45.2 Å². The molecule has 1 heterocycles. The second-order valence-corrected chi connectivity index (χ2v) is 6.85. The summed E-state index contributed by atoms with van der Waals surface area (Å²) in [6.07, 6.45) is 8.86. The van der Waals surface area contributed by atoms with Gasteiger partial charge < -0.3 is 15.0 Å². The summed E-state index contributed by atoms with van der Waals surface area (Å²) >= 11 is 0. The van der Waals surface area contributed by atoms with E-state index in [1.165, 1.54) is 32.1 Å². The summed E-state index contributed by atoms with van der Waals surface area (Å²) in [4.78, 5) is 16.8. The molecule has 25 heavy (non-hydrogen) atoms. The largest absolute Gasteiger partial charge is 0.497 e. The minimum absolute atomic E-state index is 0.0251. The van der Waals surface area contributed by atoms with Crippen molar-refractivity contribution in [3.8, 4) is 5.75 Å². The van der Waals surface area contributed by atoms with Crippen LogP contribution >= 0.6 is 0 Å². The molecule has 5 heteroatoms. The normalized spacial score (nSPS) is 18.6. The van der Waals surface area contributed by atoms with Crippen LogP contribution in [-0.2, 0) is 0 Å². The molecule has 5 nitrogen and oxygen atoms in total. The summed E-state index contributed by atoms with van der Waals surface area (Å²) in [5.41, 5.74) is 2.40. The van der Waals surface area contributed by atoms with Crippen LogP contribution in [0.4, 0.5) is 10.5 Å². The second kappa shape index (κ2) is 8.90. The molecule has 2 aliphatic rings. The van der Waals surface area contributed by atoms with E-state index in [0.29, 0.717) is 0 Å². The minimum atomic E-state index is -0.0251. The average Bonchev–Trinajstić information content (AvgIpc) is 2.67. The van der Waals surface area contributed by atoms with Crippen molar-refractivity contribution in [3.05, 3.63) is 35.9 Å². The van der Waals surface area contributed by atoms with Gasteiger partial charge in [-0.1, -0.05) is 17.7 Å². The number of carbonyl (C=O) groups excluding carboxylic acids is 1. The van der Waals surface area contributed by atoms with E-state index in [1.807, 2.05) is 29.2 Å². The molecule has 0 radical (unpaired) electrons. The first-order valence-electron chi connectivity index (χ1n) is 9.35. The third-order valence-electron chi connectivity index (χ3n) is 5.11. The first-order valence-corrected chi connectivity index (χ1v) is 9.35. The van der Waals surface area contributed by atoms with E-state index < -0.39 is 0 Å². The third kappa shape index (κ3) is 5.23. The topological polar surface area (TPSA) is 44.8 Å². The zero-order chi connectivity index (χ0) is 17.5. The van der Waals surface area contributed by atoms with Gasteiger partial charge in [0.2, 0.25) is 0 Å². The molecule has 0 saturated carbocycles. The number of ether oxygens (including phenoxy) is 1. The maximum Gasteiger partial charge on any atom is 0.321 e. The fraction of sp³-hybridized carbons (Fsp3) is 0.550. The van der Waals surface area contributed by atoms with Gasteiger partial charge in [-0.05, 0) is 44.2 Å². The van der Waals surface area contributed by atoms with Gasteiger partial charge in [-0.15, -0.1) is 0 Å². The van der Waals surface area contributed by atoms with E-state index in [1.54, 1.807) is 12.7 Å². The van der Waals surface area contributed by atoms with Crippen LogP contribution in [0, 0.1) is 0 Å². The highest BCUT2D eigenvalue weighted by Crippen LogP contribution is 2.21. The number of carbonyl (C=O) groups is 1. The lowest BCUT2D eigenvalue weighted by molar-refractivity contribution is 0.148. The quantitative estimate of drug-likeness (QED) is 0.829. The number of allylic oxidation sites excluding steroid dienone is 1. The van der Waals surface area contributed by atoms with Crippen LogP contribution in [0.25, 0.3) is 0 Å². The summed E-state index contributed by atoms with van der Waals surface area (Å²) < 4.78 is 5.20. The van der Waals surface area contributed by atoms with Crippen LogP contribution < -0.4 is 10.1 Å². The Morgan fingerprint density at radius 2 is 2.04 bits per heavy atom. The average molecular weight is 343 g/mol. The fourth-order valence-corrected chi connectivity index (χ4v) is 3.51. The molecule has 1 aromatic carbocycles. The molecule has 0 unspecified atom stereocenters. The molecule has 3 rings (SSSR count). The Labute approximate surface area is 150 Å². The zero-order valence-corrected chi connectivity index (χ0v) is 15.2. The number of nitrogens with zero attached hydrogens (tertiary/aromatic N) is 2. The summed E-state index contributed by atoms with van der Waals surface area (Å²) in [6, 6.07) is 7.45. The predicted molar refractivity (Wildman–Crippen MR) is 101 cm³/mol. The third-order valence-corrected chi connectivity index (χ3v) is 5.11. The number of methoxy groups -OCH3 is 1. The van der Waals surface area contributed by atoms with Crippen molar-refractivity contribution in [3.63, 3.8) is 0 Å². The summed E-state index contributed by atoms with van der Waals surface area (Å²) in [7, 11) is 1.63.